The summed E-state index contributed by atoms with van der Waals surface area (Å²) in [5, 5.41) is 3.63. The van der Waals surface area contributed by atoms with Crippen molar-refractivity contribution in [1.29, 1.82) is 0 Å². The lowest BCUT2D eigenvalue weighted by atomic mass is 10.1. The molecule has 1 heterocycles. The molecule has 0 spiro atoms. The van der Waals surface area contributed by atoms with Gasteiger partial charge in [0.1, 0.15) is 0 Å². The number of hydrogen-bond donors (Lipinski definition) is 1. The molecule has 1 aromatic rings. The van der Waals surface area contributed by atoms with E-state index in [9.17, 15) is 0 Å². The molecule has 0 bridgehead atoms. The van der Waals surface area contributed by atoms with Crippen molar-refractivity contribution in [3.63, 3.8) is 0 Å². The highest BCUT2D eigenvalue weighted by Crippen LogP contribution is 2.29. The maximum atomic E-state index is 3.63. The van der Waals surface area contributed by atoms with Gasteiger partial charge in [-0.2, -0.15) is 0 Å². The van der Waals surface area contributed by atoms with Crippen molar-refractivity contribution in [3.05, 3.63) is 34.9 Å². The minimum absolute atomic E-state index is 0.729. The van der Waals surface area contributed by atoms with Crippen LogP contribution in [-0.4, -0.2) is 30.1 Å². The van der Waals surface area contributed by atoms with Gasteiger partial charge >= 0.3 is 0 Å². The summed E-state index contributed by atoms with van der Waals surface area (Å²) in [6.45, 7) is 7.99. The van der Waals surface area contributed by atoms with E-state index >= 15 is 0 Å². The Morgan fingerprint density at radius 3 is 2.63 bits per heavy atom. The van der Waals surface area contributed by atoms with Crippen molar-refractivity contribution in [2.45, 2.75) is 58.2 Å². The second-order valence-electron chi connectivity index (χ2n) is 6.37. The van der Waals surface area contributed by atoms with Gasteiger partial charge in [0.05, 0.1) is 0 Å². The van der Waals surface area contributed by atoms with E-state index in [-0.39, 0.29) is 0 Å². The average Bonchev–Trinajstić information content (AvgIpc) is 3.12. The molecule has 1 unspecified atom stereocenters. The Balaban J connectivity index is 1.64. The highest BCUT2D eigenvalue weighted by atomic mass is 15.2. The van der Waals surface area contributed by atoms with Crippen LogP contribution in [-0.2, 0) is 6.54 Å². The molecule has 1 N–H and O–H groups in total. The number of nitrogens with one attached hydrogen (secondary N) is 1. The summed E-state index contributed by atoms with van der Waals surface area (Å²) in [5.41, 5.74) is 4.31. The Kier molecular flexibility index (Phi) is 3.90. The fourth-order valence-corrected chi connectivity index (χ4v) is 3.11. The van der Waals surface area contributed by atoms with Crippen molar-refractivity contribution in [2.75, 3.05) is 13.1 Å². The molecule has 0 aromatic heterocycles. The molecule has 1 aromatic carbocycles. The van der Waals surface area contributed by atoms with Crippen LogP contribution in [0.5, 0.6) is 0 Å². The van der Waals surface area contributed by atoms with E-state index in [0.717, 1.165) is 18.6 Å². The van der Waals surface area contributed by atoms with Crippen LogP contribution in [0.1, 0.15) is 42.4 Å². The van der Waals surface area contributed by atoms with Crippen molar-refractivity contribution in [2.24, 2.45) is 0 Å². The molecule has 1 saturated carbocycles. The number of hydrogen-bond acceptors (Lipinski definition) is 2. The normalized spacial score (nSPS) is 23.2. The molecule has 1 aliphatic carbocycles. The van der Waals surface area contributed by atoms with E-state index in [1.165, 1.54) is 55.5 Å². The molecule has 1 saturated heterocycles. The first-order valence-electron chi connectivity index (χ1n) is 7.76. The quantitative estimate of drug-likeness (QED) is 0.873. The lowest BCUT2D eigenvalue weighted by Gasteiger charge is -2.26. The van der Waals surface area contributed by atoms with Crippen LogP contribution >= 0.6 is 0 Å². The van der Waals surface area contributed by atoms with Gasteiger partial charge in [-0.1, -0.05) is 18.2 Å². The predicted molar refractivity (Wildman–Crippen MR) is 80.4 cm³/mol. The number of rotatable bonds is 5. The van der Waals surface area contributed by atoms with Crippen molar-refractivity contribution in [1.82, 2.24) is 10.2 Å². The van der Waals surface area contributed by atoms with Gasteiger partial charge in [-0.05, 0) is 62.8 Å². The van der Waals surface area contributed by atoms with Crippen LogP contribution in [0, 0.1) is 13.8 Å². The van der Waals surface area contributed by atoms with Crippen molar-refractivity contribution < 1.29 is 0 Å². The summed E-state index contributed by atoms with van der Waals surface area (Å²) in [6.07, 6.45) is 5.51. The Morgan fingerprint density at radius 1 is 1.16 bits per heavy atom. The summed E-state index contributed by atoms with van der Waals surface area (Å²) < 4.78 is 0. The molecule has 0 radical (unpaired) electrons. The third-order valence-electron chi connectivity index (χ3n) is 4.64. The molecule has 2 aliphatic rings. The van der Waals surface area contributed by atoms with Gasteiger partial charge in [0, 0.05) is 25.2 Å². The first-order valence-corrected chi connectivity index (χ1v) is 7.76. The van der Waals surface area contributed by atoms with Crippen LogP contribution in [0.25, 0.3) is 0 Å². The zero-order valence-electron chi connectivity index (χ0n) is 12.3. The maximum Gasteiger partial charge on any atom is 0.0237 e. The summed E-state index contributed by atoms with van der Waals surface area (Å²) in [6, 6.07) is 8.52. The first-order chi connectivity index (χ1) is 9.22. The van der Waals surface area contributed by atoms with E-state index in [0.29, 0.717) is 0 Å². The molecule has 3 rings (SSSR count). The predicted octanol–water partition coefficient (Wildman–Crippen LogP) is 3.02. The molecular weight excluding hydrogens is 232 g/mol. The monoisotopic (exact) mass is 258 g/mol. The van der Waals surface area contributed by atoms with E-state index in [4.69, 9.17) is 0 Å². The standard InChI is InChI=1S/C17H26N2/c1-13-5-6-15(10-14(13)2)11-19(17-7-8-17)12-16-4-3-9-18-16/h5-6,10,16-18H,3-4,7-9,11-12H2,1-2H3. The highest BCUT2D eigenvalue weighted by molar-refractivity contribution is 5.30. The van der Waals surface area contributed by atoms with Crippen molar-refractivity contribution >= 4 is 0 Å². The Bertz CT molecular complexity index is 431. The second-order valence-corrected chi connectivity index (χ2v) is 6.37. The molecular formula is C17H26N2. The minimum Gasteiger partial charge on any atom is -0.313 e. The first kappa shape index (κ1) is 13.1. The second kappa shape index (κ2) is 5.64. The third-order valence-corrected chi connectivity index (χ3v) is 4.64. The summed E-state index contributed by atoms with van der Waals surface area (Å²) >= 11 is 0. The van der Waals surface area contributed by atoms with E-state index in [1.807, 2.05) is 0 Å². The van der Waals surface area contributed by atoms with Gasteiger partial charge in [-0.25, -0.2) is 0 Å². The number of nitrogens with zero attached hydrogens (tertiary/aromatic N) is 1. The molecule has 19 heavy (non-hydrogen) atoms. The third kappa shape index (κ3) is 3.37. The topological polar surface area (TPSA) is 15.3 Å². The zero-order chi connectivity index (χ0) is 13.2. The summed E-state index contributed by atoms with van der Waals surface area (Å²) in [7, 11) is 0. The Hall–Kier alpha value is -0.860. The molecule has 104 valence electrons. The number of aryl methyl sites for hydroxylation is 2. The smallest absolute Gasteiger partial charge is 0.0237 e. The SMILES string of the molecule is Cc1ccc(CN(CC2CCCN2)C2CC2)cc1C. The van der Waals surface area contributed by atoms with E-state index in [2.05, 4.69) is 42.3 Å². The van der Waals surface area contributed by atoms with E-state index < -0.39 is 0 Å². The molecule has 2 heteroatoms. The molecule has 2 fully saturated rings. The largest absolute Gasteiger partial charge is 0.313 e. The van der Waals surface area contributed by atoms with Gasteiger partial charge in [0.25, 0.3) is 0 Å². The zero-order valence-corrected chi connectivity index (χ0v) is 12.3. The van der Waals surface area contributed by atoms with Gasteiger partial charge in [-0.3, -0.25) is 4.90 Å². The fraction of sp³-hybridized carbons (Fsp3) is 0.647. The van der Waals surface area contributed by atoms with Crippen LogP contribution in [0.2, 0.25) is 0 Å². The van der Waals surface area contributed by atoms with Gasteiger partial charge in [-0.15, -0.1) is 0 Å². The van der Waals surface area contributed by atoms with Gasteiger partial charge in [0.15, 0.2) is 0 Å². The maximum absolute atomic E-state index is 3.63. The van der Waals surface area contributed by atoms with Crippen molar-refractivity contribution in [3.8, 4) is 0 Å². The molecule has 1 aliphatic heterocycles. The van der Waals surface area contributed by atoms with Crippen LogP contribution in [0.4, 0.5) is 0 Å². The minimum atomic E-state index is 0.729. The van der Waals surface area contributed by atoms with Gasteiger partial charge in [0.2, 0.25) is 0 Å². The fourth-order valence-electron chi connectivity index (χ4n) is 3.11. The summed E-state index contributed by atoms with van der Waals surface area (Å²) in [4.78, 5) is 2.70. The van der Waals surface area contributed by atoms with E-state index in [1.54, 1.807) is 0 Å². The Labute approximate surface area is 117 Å². The summed E-state index contributed by atoms with van der Waals surface area (Å²) in [5.74, 6) is 0. The molecule has 1 atom stereocenters. The number of benzene rings is 1. The lowest BCUT2D eigenvalue weighted by Crippen LogP contribution is -2.38. The average molecular weight is 258 g/mol. The Morgan fingerprint density at radius 2 is 2.00 bits per heavy atom. The highest BCUT2D eigenvalue weighted by Gasteiger charge is 2.31. The van der Waals surface area contributed by atoms with Crippen LogP contribution in [0.3, 0.4) is 0 Å². The molecule has 0 amide bonds. The van der Waals surface area contributed by atoms with Crippen LogP contribution < -0.4 is 5.32 Å². The van der Waals surface area contributed by atoms with Gasteiger partial charge < -0.3 is 5.32 Å². The lowest BCUT2D eigenvalue weighted by molar-refractivity contribution is 0.231. The molecule has 2 nitrogen and oxygen atoms in total. The van der Waals surface area contributed by atoms with Crippen LogP contribution in [0.15, 0.2) is 18.2 Å².